The van der Waals surface area contributed by atoms with Crippen molar-refractivity contribution < 1.29 is 9.53 Å². The van der Waals surface area contributed by atoms with Gasteiger partial charge in [0.2, 0.25) is 5.95 Å². The van der Waals surface area contributed by atoms with E-state index in [1.54, 1.807) is 6.20 Å². The van der Waals surface area contributed by atoms with Crippen LogP contribution in [0.15, 0.2) is 11.2 Å². The number of carbonyl (C=O) groups excluding carboxylic acids is 1. The Hall–Kier alpha value is -2.05. The van der Waals surface area contributed by atoms with E-state index in [0.29, 0.717) is 18.3 Å². The summed E-state index contributed by atoms with van der Waals surface area (Å²) in [6, 6.07) is 0.185. The molecule has 0 aromatic carbocycles. The lowest BCUT2D eigenvalue weighted by atomic mass is 10.2. The van der Waals surface area contributed by atoms with Crippen LogP contribution < -0.4 is 5.32 Å². The number of rotatable bonds is 3. The summed E-state index contributed by atoms with van der Waals surface area (Å²) >= 11 is 0. The Balaban J connectivity index is 1.52. The number of carbonyl (C=O) groups is 1. The molecule has 0 unspecified atom stereocenters. The molecule has 7 heteroatoms. The van der Waals surface area contributed by atoms with E-state index >= 15 is 0 Å². The van der Waals surface area contributed by atoms with Gasteiger partial charge in [-0.15, -0.1) is 10.2 Å². The van der Waals surface area contributed by atoms with Gasteiger partial charge in [-0.2, -0.15) is 4.99 Å². The van der Waals surface area contributed by atoms with Crippen molar-refractivity contribution in [3.05, 3.63) is 11.9 Å². The zero-order chi connectivity index (χ0) is 16.4. The average molecular weight is 317 g/mol. The van der Waals surface area contributed by atoms with Gasteiger partial charge < -0.3 is 10.1 Å². The van der Waals surface area contributed by atoms with E-state index in [4.69, 9.17) is 4.74 Å². The van der Waals surface area contributed by atoms with Gasteiger partial charge in [0.15, 0.2) is 0 Å². The number of aliphatic imine (C=N–C) groups is 1. The third-order valence-corrected chi connectivity index (χ3v) is 3.81. The van der Waals surface area contributed by atoms with Crippen LogP contribution in [0, 0.1) is 0 Å². The SMILES string of the molecule is CC(C)(C)OC(=O)/N=C1/CC[C@H](Nc2ncc(C3CC3)nn2)C1. The number of anilines is 1. The lowest BCUT2D eigenvalue weighted by molar-refractivity contribution is 0.0604. The van der Waals surface area contributed by atoms with Crippen molar-refractivity contribution in [3.8, 4) is 0 Å². The summed E-state index contributed by atoms with van der Waals surface area (Å²) in [4.78, 5) is 20.1. The van der Waals surface area contributed by atoms with Gasteiger partial charge in [0.1, 0.15) is 5.60 Å². The van der Waals surface area contributed by atoms with E-state index in [1.165, 1.54) is 12.8 Å². The molecule has 2 aliphatic carbocycles. The average Bonchev–Trinajstić information content (AvgIpc) is 3.20. The molecule has 3 rings (SSSR count). The molecule has 0 spiro atoms. The van der Waals surface area contributed by atoms with Gasteiger partial charge >= 0.3 is 6.09 Å². The molecule has 0 saturated heterocycles. The monoisotopic (exact) mass is 317 g/mol. The number of ether oxygens (including phenoxy) is 1. The molecule has 1 aromatic rings. The van der Waals surface area contributed by atoms with Gasteiger partial charge in [-0.25, -0.2) is 9.78 Å². The first-order valence-corrected chi connectivity index (χ1v) is 8.14. The molecule has 1 atom stereocenters. The number of amides is 1. The Labute approximate surface area is 136 Å². The largest absolute Gasteiger partial charge is 0.442 e. The van der Waals surface area contributed by atoms with Gasteiger partial charge in [-0.05, 0) is 46.5 Å². The molecular formula is C16H23N5O2. The molecule has 1 heterocycles. The van der Waals surface area contributed by atoms with Crippen LogP contribution in [0.4, 0.5) is 10.7 Å². The third-order valence-electron chi connectivity index (χ3n) is 3.81. The molecule has 1 aromatic heterocycles. The highest BCUT2D eigenvalue weighted by molar-refractivity contribution is 5.95. The molecule has 0 aliphatic heterocycles. The Morgan fingerprint density at radius 2 is 2.09 bits per heavy atom. The molecular weight excluding hydrogens is 294 g/mol. The van der Waals surface area contributed by atoms with Crippen molar-refractivity contribution in [1.29, 1.82) is 0 Å². The summed E-state index contributed by atoms with van der Waals surface area (Å²) in [7, 11) is 0. The zero-order valence-electron chi connectivity index (χ0n) is 13.9. The smallest absolute Gasteiger partial charge is 0.434 e. The fourth-order valence-corrected chi connectivity index (χ4v) is 2.57. The first-order valence-electron chi connectivity index (χ1n) is 8.14. The molecule has 0 bridgehead atoms. The minimum absolute atomic E-state index is 0.185. The van der Waals surface area contributed by atoms with Crippen molar-refractivity contribution >= 4 is 17.8 Å². The minimum Gasteiger partial charge on any atom is -0.442 e. The predicted octanol–water partition coefficient (Wildman–Crippen LogP) is 3.09. The lowest BCUT2D eigenvalue weighted by Gasteiger charge is -2.17. The molecule has 7 nitrogen and oxygen atoms in total. The van der Waals surface area contributed by atoms with E-state index in [1.807, 2.05) is 20.8 Å². The Morgan fingerprint density at radius 3 is 2.70 bits per heavy atom. The van der Waals surface area contributed by atoms with Crippen LogP contribution in [0.3, 0.4) is 0 Å². The van der Waals surface area contributed by atoms with Crippen LogP contribution in [-0.4, -0.2) is 38.6 Å². The Kier molecular flexibility index (Phi) is 4.28. The molecule has 2 fully saturated rings. The Bertz CT molecular complexity index is 602. The van der Waals surface area contributed by atoms with E-state index in [-0.39, 0.29) is 6.04 Å². The zero-order valence-corrected chi connectivity index (χ0v) is 13.9. The van der Waals surface area contributed by atoms with Crippen molar-refractivity contribution in [1.82, 2.24) is 15.2 Å². The van der Waals surface area contributed by atoms with Crippen molar-refractivity contribution in [3.63, 3.8) is 0 Å². The summed E-state index contributed by atoms with van der Waals surface area (Å²) < 4.78 is 5.21. The first kappa shape index (κ1) is 15.8. The second kappa shape index (κ2) is 6.22. The van der Waals surface area contributed by atoms with Crippen LogP contribution >= 0.6 is 0 Å². The summed E-state index contributed by atoms with van der Waals surface area (Å²) in [5, 5.41) is 11.6. The van der Waals surface area contributed by atoms with Gasteiger partial charge in [-0.1, -0.05) is 0 Å². The highest BCUT2D eigenvalue weighted by atomic mass is 16.6. The van der Waals surface area contributed by atoms with E-state index in [2.05, 4.69) is 25.5 Å². The van der Waals surface area contributed by atoms with Crippen molar-refractivity contribution in [2.75, 3.05) is 5.32 Å². The number of hydrogen-bond acceptors (Lipinski definition) is 6. The lowest BCUT2D eigenvalue weighted by Crippen LogP contribution is -2.22. The maximum Gasteiger partial charge on any atom is 0.434 e. The standard InChI is InChI=1S/C16H23N5O2/c1-16(2,3)23-15(22)19-12-7-6-11(8-12)18-14-17-9-13(20-21-14)10-4-5-10/h9-11H,4-8H2,1-3H3,(H,17,18,21)/b19-12-/t11-/m0/s1. The number of nitrogens with one attached hydrogen (secondary N) is 1. The van der Waals surface area contributed by atoms with Crippen LogP contribution in [0.2, 0.25) is 0 Å². The summed E-state index contributed by atoms with van der Waals surface area (Å²) in [5.41, 5.74) is 1.33. The summed E-state index contributed by atoms with van der Waals surface area (Å²) in [6.07, 6.45) is 6.05. The fourth-order valence-electron chi connectivity index (χ4n) is 2.57. The molecule has 1 N–H and O–H groups in total. The predicted molar refractivity (Wildman–Crippen MR) is 86.7 cm³/mol. The molecule has 1 amide bonds. The van der Waals surface area contributed by atoms with Crippen molar-refractivity contribution in [2.45, 2.75) is 70.4 Å². The highest BCUT2D eigenvalue weighted by Crippen LogP contribution is 2.38. The Morgan fingerprint density at radius 1 is 1.30 bits per heavy atom. The molecule has 124 valence electrons. The van der Waals surface area contributed by atoms with Gasteiger partial charge in [0.25, 0.3) is 0 Å². The van der Waals surface area contributed by atoms with Crippen LogP contribution in [0.1, 0.15) is 64.5 Å². The van der Waals surface area contributed by atoms with E-state index in [9.17, 15) is 4.79 Å². The second-order valence-corrected chi connectivity index (χ2v) is 7.22. The molecule has 23 heavy (non-hydrogen) atoms. The van der Waals surface area contributed by atoms with Crippen LogP contribution in [0.5, 0.6) is 0 Å². The first-order chi connectivity index (χ1) is 10.9. The van der Waals surface area contributed by atoms with Crippen molar-refractivity contribution in [2.24, 2.45) is 4.99 Å². The fraction of sp³-hybridized carbons (Fsp3) is 0.688. The van der Waals surface area contributed by atoms with E-state index in [0.717, 1.165) is 24.2 Å². The summed E-state index contributed by atoms with van der Waals surface area (Å²) in [6.45, 7) is 5.50. The second-order valence-electron chi connectivity index (χ2n) is 7.22. The maximum atomic E-state index is 11.7. The normalized spacial score (nSPS) is 23.1. The maximum absolute atomic E-state index is 11.7. The molecule has 2 saturated carbocycles. The quantitative estimate of drug-likeness (QED) is 0.921. The minimum atomic E-state index is -0.514. The van der Waals surface area contributed by atoms with E-state index < -0.39 is 11.7 Å². The van der Waals surface area contributed by atoms with Gasteiger partial charge in [-0.3, -0.25) is 0 Å². The van der Waals surface area contributed by atoms with Gasteiger partial charge in [0, 0.05) is 24.1 Å². The van der Waals surface area contributed by atoms with Crippen LogP contribution in [0.25, 0.3) is 0 Å². The molecule has 0 radical (unpaired) electrons. The summed E-state index contributed by atoms with van der Waals surface area (Å²) in [5.74, 6) is 1.10. The highest BCUT2D eigenvalue weighted by Gasteiger charge is 2.27. The van der Waals surface area contributed by atoms with Gasteiger partial charge in [0.05, 0.1) is 11.9 Å². The number of nitrogens with zero attached hydrogens (tertiary/aromatic N) is 4. The van der Waals surface area contributed by atoms with Crippen LogP contribution in [-0.2, 0) is 4.74 Å². The number of hydrogen-bond donors (Lipinski definition) is 1. The third kappa shape index (κ3) is 4.71. The molecule has 2 aliphatic rings. The number of aromatic nitrogens is 3. The topological polar surface area (TPSA) is 89.4 Å².